The van der Waals surface area contributed by atoms with Crippen molar-refractivity contribution >= 4 is 23.9 Å². The molecule has 3 N–H and O–H groups in total. The number of carbonyl (C=O) groups is 4. The topological polar surface area (TPSA) is 142 Å². The molecule has 9 nitrogen and oxygen atoms in total. The third-order valence-corrected chi connectivity index (χ3v) is 4.61. The van der Waals surface area contributed by atoms with E-state index in [0.717, 1.165) is 0 Å². The Kier molecular flexibility index (Phi) is 9.45. The van der Waals surface area contributed by atoms with Crippen molar-refractivity contribution in [3.63, 3.8) is 0 Å². The average Bonchev–Trinajstić information content (AvgIpc) is 2.62. The molecule has 0 bridgehead atoms. The SMILES string of the molecule is CCCC(=O)OC(C)C(C)C(c1ccc(OC(C)=O)c(OC(C)=O)c1)[C@H](N)C(=O)O. The van der Waals surface area contributed by atoms with Crippen LogP contribution in [0.1, 0.15) is 58.9 Å². The second kappa shape index (κ2) is 11.3. The summed E-state index contributed by atoms with van der Waals surface area (Å²) in [6, 6.07) is 3.02. The minimum absolute atomic E-state index is 0.0131. The molecule has 30 heavy (non-hydrogen) atoms. The van der Waals surface area contributed by atoms with E-state index in [2.05, 4.69) is 0 Å². The quantitative estimate of drug-likeness (QED) is 0.428. The Morgan fingerprint density at radius 3 is 2.10 bits per heavy atom. The summed E-state index contributed by atoms with van der Waals surface area (Å²) >= 11 is 0. The van der Waals surface area contributed by atoms with Crippen molar-refractivity contribution in [3.8, 4) is 11.5 Å². The van der Waals surface area contributed by atoms with Gasteiger partial charge in [-0.2, -0.15) is 0 Å². The number of carbonyl (C=O) groups excluding carboxylic acids is 3. The summed E-state index contributed by atoms with van der Waals surface area (Å²) in [6.07, 6.45) is 0.256. The molecule has 166 valence electrons. The van der Waals surface area contributed by atoms with Gasteiger partial charge in [0.2, 0.25) is 0 Å². The Morgan fingerprint density at radius 1 is 1.03 bits per heavy atom. The van der Waals surface area contributed by atoms with Crippen molar-refractivity contribution in [2.45, 2.75) is 65.5 Å². The Hall–Kier alpha value is -2.94. The molecule has 0 fully saturated rings. The van der Waals surface area contributed by atoms with Crippen LogP contribution in [0, 0.1) is 5.92 Å². The van der Waals surface area contributed by atoms with Crippen LogP contribution in [0.4, 0.5) is 0 Å². The zero-order valence-corrected chi connectivity index (χ0v) is 17.8. The van der Waals surface area contributed by atoms with E-state index in [9.17, 15) is 24.3 Å². The monoisotopic (exact) mass is 423 g/mol. The van der Waals surface area contributed by atoms with Crippen LogP contribution in [0.2, 0.25) is 0 Å². The predicted octanol–water partition coefficient (Wildman–Crippen LogP) is 2.40. The fourth-order valence-corrected chi connectivity index (χ4v) is 3.07. The largest absolute Gasteiger partial charge is 0.480 e. The normalized spacial score (nSPS) is 14.7. The van der Waals surface area contributed by atoms with Crippen molar-refractivity contribution in [3.05, 3.63) is 23.8 Å². The standard InChI is InChI=1S/C21H29NO8/c1-6-7-18(25)28-12(3)11(2)19(20(22)21(26)27)15-8-9-16(29-13(4)23)17(10-15)30-14(5)24/h8-12,19-20H,6-7,22H2,1-5H3,(H,26,27)/t11?,12?,19?,20-/m0/s1. The highest BCUT2D eigenvalue weighted by Gasteiger charge is 2.35. The van der Waals surface area contributed by atoms with Gasteiger partial charge in [-0.25, -0.2) is 0 Å². The van der Waals surface area contributed by atoms with Gasteiger partial charge in [0.1, 0.15) is 12.1 Å². The van der Waals surface area contributed by atoms with E-state index >= 15 is 0 Å². The number of ether oxygens (including phenoxy) is 3. The first-order valence-electron chi connectivity index (χ1n) is 9.66. The van der Waals surface area contributed by atoms with Crippen LogP contribution in [0.25, 0.3) is 0 Å². The Bertz CT molecular complexity index is 791. The molecule has 0 aromatic heterocycles. The van der Waals surface area contributed by atoms with Gasteiger partial charge in [-0.05, 0) is 31.0 Å². The highest BCUT2D eigenvalue weighted by molar-refractivity contribution is 5.76. The number of carboxylic acid groups (broad SMARTS) is 1. The Balaban J connectivity index is 3.36. The number of hydrogen-bond donors (Lipinski definition) is 2. The number of benzene rings is 1. The first kappa shape index (κ1) is 25.1. The summed E-state index contributed by atoms with van der Waals surface area (Å²) in [5.41, 5.74) is 6.39. The third kappa shape index (κ3) is 7.14. The molecule has 0 aliphatic carbocycles. The lowest BCUT2D eigenvalue weighted by molar-refractivity contribution is -0.151. The minimum Gasteiger partial charge on any atom is -0.480 e. The van der Waals surface area contributed by atoms with Crippen LogP contribution < -0.4 is 15.2 Å². The van der Waals surface area contributed by atoms with Gasteiger partial charge in [-0.1, -0.05) is 19.9 Å². The van der Waals surface area contributed by atoms with E-state index in [1.165, 1.54) is 32.0 Å². The van der Waals surface area contributed by atoms with Gasteiger partial charge in [0.05, 0.1) is 0 Å². The predicted molar refractivity (Wildman–Crippen MR) is 107 cm³/mol. The molecular weight excluding hydrogens is 394 g/mol. The molecular formula is C21H29NO8. The van der Waals surface area contributed by atoms with Gasteiger partial charge in [0.15, 0.2) is 11.5 Å². The average molecular weight is 423 g/mol. The zero-order valence-electron chi connectivity index (χ0n) is 17.8. The first-order valence-corrected chi connectivity index (χ1v) is 9.66. The number of nitrogens with two attached hydrogens (primary N) is 1. The molecule has 0 aliphatic heterocycles. The molecule has 4 atom stereocenters. The maximum atomic E-state index is 11.9. The third-order valence-electron chi connectivity index (χ3n) is 4.61. The molecule has 1 aromatic carbocycles. The second-order valence-electron chi connectivity index (χ2n) is 7.09. The maximum Gasteiger partial charge on any atom is 0.321 e. The number of hydrogen-bond acceptors (Lipinski definition) is 8. The van der Waals surface area contributed by atoms with Crippen molar-refractivity contribution < 1.29 is 38.5 Å². The van der Waals surface area contributed by atoms with Crippen LogP contribution in [-0.4, -0.2) is 41.1 Å². The molecule has 1 rings (SSSR count). The molecule has 9 heteroatoms. The van der Waals surface area contributed by atoms with Gasteiger partial charge in [-0.15, -0.1) is 0 Å². The first-order chi connectivity index (χ1) is 14.0. The van der Waals surface area contributed by atoms with E-state index < -0.39 is 41.9 Å². The molecule has 0 saturated carbocycles. The maximum absolute atomic E-state index is 11.9. The summed E-state index contributed by atoms with van der Waals surface area (Å²) in [7, 11) is 0. The van der Waals surface area contributed by atoms with Crippen molar-refractivity contribution in [2.75, 3.05) is 0 Å². The molecule has 3 unspecified atom stereocenters. The number of aliphatic carboxylic acids is 1. The molecule has 0 heterocycles. The van der Waals surface area contributed by atoms with Gasteiger partial charge in [0, 0.05) is 32.1 Å². The number of esters is 3. The summed E-state index contributed by atoms with van der Waals surface area (Å²) in [5, 5.41) is 9.51. The molecule has 0 spiro atoms. The van der Waals surface area contributed by atoms with Crippen LogP contribution in [0.15, 0.2) is 18.2 Å². The summed E-state index contributed by atoms with van der Waals surface area (Å²) in [5.74, 6) is -4.18. The summed E-state index contributed by atoms with van der Waals surface area (Å²) in [6.45, 7) is 7.62. The van der Waals surface area contributed by atoms with Crippen molar-refractivity contribution in [1.29, 1.82) is 0 Å². The Morgan fingerprint density at radius 2 is 1.60 bits per heavy atom. The van der Waals surface area contributed by atoms with Crippen molar-refractivity contribution in [1.82, 2.24) is 0 Å². The molecule has 0 aliphatic rings. The van der Waals surface area contributed by atoms with E-state index in [0.29, 0.717) is 12.0 Å². The Labute approximate surface area is 175 Å². The smallest absolute Gasteiger partial charge is 0.321 e. The highest BCUT2D eigenvalue weighted by atomic mass is 16.6. The minimum atomic E-state index is -1.32. The van der Waals surface area contributed by atoms with E-state index in [1.807, 2.05) is 6.92 Å². The molecule has 0 radical (unpaired) electrons. The van der Waals surface area contributed by atoms with Gasteiger partial charge in [-0.3, -0.25) is 19.2 Å². The van der Waals surface area contributed by atoms with Crippen molar-refractivity contribution in [2.24, 2.45) is 11.7 Å². The van der Waals surface area contributed by atoms with Gasteiger partial charge in [0.25, 0.3) is 0 Å². The lowest BCUT2D eigenvalue weighted by Crippen LogP contribution is -2.42. The lowest BCUT2D eigenvalue weighted by atomic mass is 9.79. The van der Waals surface area contributed by atoms with Gasteiger partial charge < -0.3 is 25.1 Å². The van der Waals surface area contributed by atoms with Gasteiger partial charge >= 0.3 is 23.9 Å². The van der Waals surface area contributed by atoms with Crippen LogP contribution in [0.3, 0.4) is 0 Å². The number of rotatable bonds is 10. The van der Waals surface area contributed by atoms with Crippen LogP contribution in [-0.2, 0) is 23.9 Å². The molecule has 1 aromatic rings. The fourth-order valence-electron chi connectivity index (χ4n) is 3.07. The van der Waals surface area contributed by atoms with E-state index in [1.54, 1.807) is 13.8 Å². The highest BCUT2D eigenvalue weighted by Crippen LogP contribution is 2.37. The van der Waals surface area contributed by atoms with Crippen LogP contribution >= 0.6 is 0 Å². The molecule has 0 saturated heterocycles. The number of carboxylic acids is 1. The lowest BCUT2D eigenvalue weighted by Gasteiger charge is -2.31. The second-order valence-corrected chi connectivity index (χ2v) is 7.09. The zero-order chi connectivity index (χ0) is 23.0. The summed E-state index contributed by atoms with van der Waals surface area (Å²) < 4.78 is 15.6. The summed E-state index contributed by atoms with van der Waals surface area (Å²) in [4.78, 5) is 46.3. The molecule has 0 amide bonds. The van der Waals surface area contributed by atoms with Crippen LogP contribution in [0.5, 0.6) is 11.5 Å². The van der Waals surface area contributed by atoms with E-state index in [-0.39, 0.29) is 23.9 Å². The fraction of sp³-hybridized carbons (Fsp3) is 0.524. The van der Waals surface area contributed by atoms with E-state index in [4.69, 9.17) is 19.9 Å².